The number of aromatic nitrogens is 1. The van der Waals surface area contributed by atoms with Crippen LogP contribution in [0.3, 0.4) is 0 Å². The number of rotatable bonds is 11. The minimum absolute atomic E-state index is 0.00524. The van der Waals surface area contributed by atoms with Gasteiger partial charge in [0.25, 0.3) is 5.91 Å². The van der Waals surface area contributed by atoms with Gasteiger partial charge in [-0.05, 0) is 52.3 Å². The molecule has 0 saturated heterocycles. The lowest BCUT2D eigenvalue weighted by Crippen LogP contribution is -2.44. The number of carbonyl (C=O) groups excluding carboxylic acids is 2. The van der Waals surface area contributed by atoms with Crippen LogP contribution >= 0.6 is 0 Å². The summed E-state index contributed by atoms with van der Waals surface area (Å²) in [6, 6.07) is 32.3. The van der Waals surface area contributed by atoms with Crippen molar-refractivity contribution in [1.29, 1.82) is 0 Å². The summed E-state index contributed by atoms with van der Waals surface area (Å²) in [5, 5.41) is 0. The maximum atomic E-state index is 14.0. The molecule has 5 heteroatoms. The van der Waals surface area contributed by atoms with Gasteiger partial charge in [-0.2, -0.15) is 0 Å². The topological polar surface area (TPSA) is 45.6 Å². The maximum absolute atomic E-state index is 14.0. The minimum Gasteiger partial charge on any atom is -0.345 e. The van der Waals surface area contributed by atoms with Crippen molar-refractivity contribution in [1.82, 2.24) is 14.4 Å². The molecule has 0 spiro atoms. The van der Waals surface area contributed by atoms with Crippen molar-refractivity contribution in [2.45, 2.75) is 59.7 Å². The van der Waals surface area contributed by atoms with Gasteiger partial charge in [-0.3, -0.25) is 9.59 Å². The van der Waals surface area contributed by atoms with Gasteiger partial charge in [0.15, 0.2) is 0 Å². The molecule has 0 aliphatic rings. The summed E-state index contributed by atoms with van der Waals surface area (Å²) in [7, 11) is 0. The Morgan fingerprint density at radius 1 is 0.732 bits per heavy atom. The number of hydrogen-bond acceptors (Lipinski definition) is 2. The first-order valence-corrected chi connectivity index (χ1v) is 14.5. The van der Waals surface area contributed by atoms with Crippen molar-refractivity contribution in [2.75, 3.05) is 13.1 Å². The van der Waals surface area contributed by atoms with E-state index in [1.807, 2.05) is 83.8 Å². The van der Waals surface area contributed by atoms with Crippen LogP contribution in [-0.2, 0) is 29.8 Å². The van der Waals surface area contributed by atoms with Crippen molar-refractivity contribution in [3.05, 3.63) is 131 Å². The monoisotopic (exact) mass is 549 g/mol. The molecule has 1 aromatic heterocycles. The summed E-state index contributed by atoms with van der Waals surface area (Å²) in [4.78, 5) is 31.2. The number of benzene rings is 3. The zero-order valence-electron chi connectivity index (χ0n) is 25.1. The van der Waals surface area contributed by atoms with E-state index in [-0.39, 0.29) is 29.7 Å². The van der Waals surface area contributed by atoms with Crippen molar-refractivity contribution < 1.29 is 9.59 Å². The van der Waals surface area contributed by atoms with Gasteiger partial charge in [0, 0.05) is 37.1 Å². The van der Waals surface area contributed by atoms with Gasteiger partial charge in [0.1, 0.15) is 6.54 Å². The zero-order valence-corrected chi connectivity index (χ0v) is 25.1. The molecular weight excluding hydrogens is 506 g/mol. The third-order valence-electron chi connectivity index (χ3n) is 7.24. The summed E-state index contributed by atoms with van der Waals surface area (Å²) in [6.45, 7) is 12.8. The highest BCUT2D eigenvalue weighted by Crippen LogP contribution is 2.23. The van der Waals surface area contributed by atoms with E-state index in [1.54, 1.807) is 4.90 Å². The van der Waals surface area contributed by atoms with Gasteiger partial charge in [-0.25, -0.2) is 0 Å². The van der Waals surface area contributed by atoms with Crippen LogP contribution < -0.4 is 0 Å². The molecule has 2 amide bonds. The van der Waals surface area contributed by atoms with E-state index in [2.05, 4.69) is 63.6 Å². The molecule has 0 aliphatic carbocycles. The van der Waals surface area contributed by atoms with Gasteiger partial charge < -0.3 is 14.4 Å². The van der Waals surface area contributed by atoms with Gasteiger partial charge in [-0.1, -0.05) is 107 Å². The number of hydrogen-bond donors (Lipinski definition) is 0. The third kappa shape index (κ3) is 8.43. The molecule has 0 fully saturated rings. The van der Waals surface area contributed by atoms with Crippen LogP contribution in [0.2, 0.25) is 0 Å². The van der Waals surface area contributed by atoms with Gasteiger partial charge in [-0.15, -0.1) is 0 Å². The quantitative estimate of drug-likeness (QED) is 0.199. The number of carbonyl (C=O) groups is 2. The van der Waals surface area contributed by atoms with Crippen LogP contribution in [0.25, 0.3) is 0 Å². The average Bonchev–Trinajstić information content (AvgIpc) is 3.38. The van der Waals surface area contributed by atoms with Crippen molar-refractivity contribution in [3.8, 4) is 0 Å². The molecule has 0 saturated carbocycles. The maximum Gasteiger partial charge on any atom is 0.254 e. The average molecular weight is 550 g/mol. The van der Waals surface area contributed by atoms with Crippen LogP contribution in [0.5, 0.6) is 0 Å². The molecule has 4 aromatic rings. The van der Waals surface area contributed by atoms with Crippen LogP contribution in [0.15, 0.2) is 103 Å². The minimum atomic E-state index is -0.111. The molecule has 0 atom stereocenters. The largest absolute Gasteiger partial charge is 0.345 e. The Morgan fingerprint density at radius 3 is 1.93 bits per heavy atom. The van der Waals surface area contributed by atoms with Gasteiger partial charge >= 0.3 is 0 Å². The fourth-order valence-corrected chi connectivity index (χ4v) is 4.98. The van der Waals surface area contributed by atoms with E-state index >= 15 is 0 Å². The molecule has 1 heterocycles. The number of amides is 2. The van der Waals surface area contributed by atoms with E-state index in [0.717, 1.165) is 17.8 Å². The second-order valence-corrected chi connectivity index (χ2v) is 12.3. The molecule has 0 bridgehead atoms. The highest BCUT2D eigenvalue weighted by atomic mass is 16.2. The molecule has 41 heavy (non-hydrogen) atoms. The molecule has 0 aliphatic heterocycles. The lowest BCUT2D eigenvalue weighted by molar-refractivity contribution is -0.133. The second-order valence-electron chi connectivity index (χ2n) is 12.3. The number of nitrogens with zero attached hydrogens (tertiary/aromatic N) is 3. The van der Waals surface area contributed by atoms with Crippen molar-refractivity contribution >= 4 is 11.8 Å². The summed E-state index contributed by atoms with van der Waals surface area (Å²) >= 11 is 0. The van der Waals surface area contributed by atoms with Crippen molar-refractivity contribution in [2.24, 2.45) is 5.92 Å². The zero-order chi connectivity index (χ0) is 29.4. The van der Waals surface area contributed by atoms with Crippen LogP contribution in [0, 0.1) is 5.92 Å². The standard InChI is InChI=1S/C36H43N3O2/c1-28(2)23-39(35(41)31-18-20-32(21-19-31)36(3,4)5)27-34(40)38(25-30-15-10-7-11-16-30)26-33-17-12-22-37(33)24-29-13-8-6-9-14-29/h6-22,28H,23-27H2,1-5H3. The lowest BCUT2D eigenvalue weighted by Gasteiger charge is -2.29. The van der Waals surface area contributed by atoms with Crippen LogP contribution in [0.1, 0.15) is 67.4 Å². The van der Waals surface area contributed by atoms with Crippen molar-refractivity contribution in [3.63, 3.8) is 0 Å². The fraction of sp³-hybridized carbons (Fsp3) is 0.333. The normalized spacial score (nSPS) is 11.5. The third-order valence-corrected chi connectivity index (χ3v) is 7.24. The molecule has 0 N–H and O–H groups in total. The Hall–Kier alpha value is -4.12. The fourth-order valence-electron chi connectivity index (χ4n) is 4.98. The highest BCUT2D eigenvalue weighted by Gasteiger charge is 2.25. The summed E-state index contributed by atoms with van der Waals surface area (Å²) in [5.74, 6) is 0.0486. The Labute approximate surface area is 245 Å². The summed E-state index contributed by atoms with van der Waals surface area (Å²) in [6.07, 6.45) is 2.06. The molecule has 5 nitrogen and oxygen atoms in total. The molecule has 3 aromatic carbocycles. The SMILES string of the molecule is CC(C)CN(CC(=O)N(Cc1ccccc1)Cc1cccn1Cc1ccccc1)C(=O)c1ccc(C(C)(C)C)cc1. The molecular formula is C36H43N3O2. The van der Waals surface area contributed by atoms with Gasteiger partial charge in [0.2, 0.25) is 5.91 Å². The van der Waals surface area contributed by atoms with E-state index in [1.165, 1.54) is 11.1 Å². The first-order valence-electron chi connectivity index (χ1n) is 14.5. The molecule has 214 valence electrons. The van der Waals surface area contributed by atoms with Crippen LogP contribution in [-0.4, -0.2) is 39.3 Å². The van der Waals surface area contributed by atoms with Gasteiger partial charge in [0.05, 0.1) is 6.54 Å². The van der Waals surface area contributed by atoms with Crippen LogP contribution in [0.4, 0.5) is 0 Å². The summed E-state index contributed by atoms with van der Waals surface area (Å²) < 4.78 is 2.19. The van der Waals surface area contributed by atoms with E-state index < -0.39 is 0 Å². The Morgan fingerprint density at radius 2 is 1.34 bits per heavy atom. The first-order chi connectivity index (χ1) is 19.6. The second kappa shape index (κ2) is 13.5. The Bertz CT molecular complexity index is 1400. The Balaban J connectivity index is 1.56. The lowest BCUT2D eigenvalue weighted by atomic mass is 9.86. The molecule has 0 unspecified atom stereocenters. The van der Waals surface area contributed by atoms with E-state index in [0.29, 0.717) is 25.2 Å². The predicted octanol–water partition coefficient (Wildman–Crippen LogP) is 7.16. The Kier molecular flexibility index (Phi) is 9.82. The molecule has 4 rings (SSSR count). The summed E-state index contributed by atoms with van der Waals surface area (Å²) in [5.41, 5.74) is 5.10. The van der Waals surface area contributed by atoms with E-state index in [4.69, 9.17) is 0 Å². The predicted molar refractivity (Wildman–Crippen MR) is 167 cm³/mol. The smallest absolute Gasteiger partial charge is 0.254 e. The van der Waals surface area contributed by atoms with E-state index in [9.17, 15) is 9.59 Å². The highest BCUT2D eigenvalue weighted by molar-refractivity contribution is 5.96. The first kappa shape index (κ1) is 29.9. The molecule has 0 radical (unpaired) electrons.